The van der Waals surface area contributed by atoms with Gasteiger partial charge in [-0.15, -0.1) is 0 Å². The standard InChI is InChI=1S/C18H24N4O2S/c1-2-22(16-9-11-25(23,24)13-16)18-12-17(20-14-21-18)19-10-8-15-6-4-3-5-7-15/h3-7,12,14,16H,2,8-11,13H2,1H3,(H,19,20,21). The highest BCUT2D eigenvalue weighted by atomic mass is 32.2. The molecule has 0 amide bonds. The third kappa shape index (κ3) is 4.69. The van der Waals surface area contributed by atoms with Gasteiger partial charge in [0.15, 0.2) is 9.84 Å². The highest BCUT2D eigenvalue weighted by Crippen LogP contribution is 2.23. The van der Waals surface area contributed by atoms with Gasteiger partial charge in [-0.05, 0) is 25.3 Å². The van der Waals surface area contributed by atoms with Crippen LogP contribution in [0.4, 0.5) is 11.6 Å². The summed E-state index contributed by atoms with van der Waals surface area (Å²) in [5, 5.41) is 3.32. The van der Waals surface area contributed by atoms with Crippen LogP contribution in [-0.4, -0.2) is 49.0 Å². The fraction of sp³-hybridized carbons (Fsp3) is 0.444. The molecule has 3 rings (SSSR count). The molecular weight excluding hydrogens is 336 g/mol. The highest BCUT2D eigenvalue weighted by Gasteiger charge is 2.32. The smallest absolute Gasteiger partial charge is 0.152 e. The van der Waals surface area contributed by atoms with Crippen molar-refractivity contribution in [1.82, 2.24) is 9.97 Å². The van der Waals surface area contributed by atoms with Gasteiger partial charge in [-0.25, -0.2) is 18.4 Å². The Morgan fingerprint density at radius 1 is 1.24 bits per heavy atom. The van der Waals surface area contributed by atoms with Crippen molar-refractivity contribution in [2.24, 2.45) is 0 Å². The maximum atomic E-state index is 11.8. The maximum absolute atomic E-state index is 11.8. The summed E-state index contributed by atoms with van der Waals surface area (Å²) < 4.78 is 23.5. The van der Waals surface area contributed by atoms with Crippen LogP contribution in [0, 0.1) is 0 Å². The molecule has 1 unspecified atom stereocenters. The molecule has 0 saturated carbocycles. The van der Waals surface area contributed by atoms with Crippen LogP contribution in [0.2, 0.25) is 0 Å². The van der Waals surface area contributed by atoms with Gasteiger partial charge in [0.2, 0.25) is 0 Å². The van der Waals surface area contributed by atoms with Gasteiger partial charge in [-0.1, -0.05) is 30.3 Å². The molecule has 1 aliphatic rings. The molecule has 134 valence electrons. The van der Waals surface area contributed by atoms with Crippen LogP contribution in [0.1, 0.15) is 18.9 Å². The highest BCUT2D eigenvalue weighted by molar-refractivity contribution is 7.91. The second-order valence-electron chi connectivity index (χ2n) is 6.27. The first-order valence-corrected chi connectivity index (χ1v) is 10.5. The van der Waals surface area contributed by atoms with E-state index in [1.54, 1.807) is 0 Å². The number of nitrogens with one attached hydrogen (secondary N) is 1. The zero-order chi connectivity index (χ0) is 17.7. The molecule has 0 radical (unpaired) electrons. The minimum atomic E-state index is -2.91. The molecule has 1 fully saturated rings. The predicted octanol–water partition coefficient (Wildman–Crippen LogP) is 2.14. The number of aromatic nitrogens is 2. The number of nitrogens with zero attached hydrogens (tertiary/aromatic N) is 3. The van der Waals surface area contributed by atoms with Gasteiger partial charge in [-0.3, -0.25) is 0 Å². The van der Waals surface area contributed by atoms with Gasteiger partial charge in [0.05, 0.1) is 11.5 Å². The first-order valence-electron chi connectivity index (χ1n) is 8.64. The second kappa shape index (κ2) is 7.82. The summed E-state index contributed by atoms with van der Waals surface area (Å²) in [6.45, 7) is 3.53. The Morgan fingerprint density at radius 2 is 2.04 bits per heavy atom. The summed E-state index contributed by atoms with van der Waals surface area (Å²) in [4.78, 5) is 10.7. The molecule has 0 aliphatic carbocycles. The molecule has 25 heavy (non-hydrogen) atoms. The normalized spacial score (nSPS) is 18.8. The van der Waals surface area contributed by atoms with Crippen molar-refractivity contribution in [2.75, 3.05) is 34.8 Å². The molecule has 2 heterocycles. The SMILES string of the molecule is CCN(c1cc(NCCc2ccccc2)ncn1)C1CCS(=O)(=O)C1. The van der Waals surface area contributed by atoms with E-state index in [-0.39, 0.29) is 17.5 Å². The average molecular weight is 360 g/mol. The third-order valence-electron chi connectivity index (χ3n) is 4.50. The first-order chi connectivity index (χ1) is 12.1. The van der Waals surface area contributed by atoms with Crippen molar-refractivity contribution in [1.29, 1.82) is 0 Å². The monoisotopic (exact) mass is 360 g/mol. The van der Waals surface area contributed by atoms with E-state index in [9.17, 15) is 8.42 Å². The van der Waals surface area contributed by atoms with Crippen LogP contribution in [0.5, 0.6) is 0 Å². The Balaban J connectivity index is 1.64. The largest absolute Gasteiger partial charge is 0.370 e. The summed E-state index contributed by atoms with van der Waals surface area (Å²) in [5.74, 6) is 2.02. The molecule has 0 bridgehead atoms. The molecule has 6 nitrogen and oxygen atoms in total. The van der Waals surface area contributed by atoms with Gasteiger partial charge < -0.3 is 10.2 Å². The molecular formula is C18H24N4O2S. The number of sulfone groups is 1. The van der Waals surface area contributed by atoms with E-state index in [2.05, 4.69) is 32.3 Å². The van der Waals surface area contributed by atoms with E-state index in [0.717, 1.165) is 31.1 Å². The van der Waals surface area contributed by atoms with Gasteiger partial charge in [0, 0.05) is 25.2 Å². The molecule has 1 saturated heterocycles. The summed E-state index contributed by atoms with van der Waals surface area (Å²) in [5.41, 5.74) is 1.27. The lowest BCUT2D eigenvalue weighted by molar-refractivity contribution is 0.599. The second-order valence-corrected chi connectivity index (χ2v) is 8.50. The topological polar surface area (TPSA) is 75.2 Å². The van der Waals surface area contributed by atoms with E-state index >= 15 is 0 Å². The maximum Gasteiger partial charge on any atom is 0.152 e. The van der Waals surface area contributed by atoms with Crippen LogP contribution in [-0.2, 0) is 16.3 Å². The Hall–Kier alpha value is -2.15. The van der Waals surface area contributed by atoms with E-state index in [1.807, 2.05) is 31.2 Å². The molecule has 1 atom stereocenters. The van der Waals surface area contributed by atoms with Crippen molar-refractivity contribution in [3.05, 3.63) is 48.3 Å². The Labute approximate surface area is 149 Å². The van der Waals surface area contributed by atoms with Crippen LogP contribution in [0.3, 0.4) is 0 Å². The Morgan fingerprint density at radius 3 is 2.72 bits per heavy atom. The molecule has 1 aromatic carbocycles. The fourth-order valence-corrected chi connectivity index (χ4v) is 4.94. The minimum Gasteiger partial charge on any atom is -0.370 e. The van der Waals surface area contributed by atoms with Crippen LogP contribution in [0.15, 0.2) is 42.7 Å². The lowest BCUT2D eigenvalue weighted by Crippen LogP contribution is -2.36. The number of rotatable bonds is 7. The van der Waals surface area contributed by atoms with E-state index in [1.165, 1.54) is 11.9 Å². The van der Waals surface area contributed by atoms with Gasteiger partial charge in [-0.2, -0.15) is 0 Å². The van der Waals surface area contributed by atoms with Gasteiger partial charge >= 0.3 is 0 Å². The molecule has 1 aromatic heterocycles. The van der Waals surface area contributed by atoms with Gasteiger partial charge in [0.1, 0.15) is 18.0 Å². The Kier molecular flexibility index (Phi) is 5.53. The lowest BCUT2D eigenvalue weighted by Gasteiger charge is -2.28. The molecule has 2 aromatic rings. The van der Waals surface area contributed by atoms with Gasteiger partial charge in [0.25, 0.3) is 0 Å². The van der Waals surface area contributed by atoms with Crippen molar-refractivity contribution < 1.29 is 8.42 Å². The Bertz CT molecular complexity index is 796. The lowest BCUT2D eigenvalue weighted by atomic mass is 10.1. The number of anilines is 2. The van der Waals surface area contributed by atoms with Crippen molar-refractivity contribution in [3.63, 3.8) is 0 Å². The number of hydrogen-bond donors (Lipinski definition) is 1. The first kappa shape index (κ1) is 17.7. The summed E-state index contributed by atoms with van der Waals surface area (Å²) in [6, 6.07) is 12.2. The predicted molar refractivity (Wildman–Crippen MR) is 101 cm³/mol. The molecule has 1 N–H and O–H groups in total. The third-order valence-corrected chi connectivity index (χ3v) is 6.25. The van der Waals surface area contributed by atoms with Crippen molar-refractivity contribution >= 4 is 21.5 Å². The fourth-order valence-electron chi connectivity index (χ4n) is 3.21. The van der Waals surface area contributed by atoms with Crippen molar-refractivity contribution in [2.45, 2.75) is 25.8 Å². The summed E-state index contributed by atoms with van der Waals surface area (Å²) >= 11 is 0. The summed E-state index contributed by atoms with van der Waals surface area (Å²) in [7, 11) is -2.91. The molecule has 7 heteroatoms. The quantitative estimate of drug-likeness (QED) is 0.815. The van der Waals surface area contributed by atoms with E-state index < -0.39 is 9.84 Å². The molecule has 0 spiro atoms. The zero-order valence-electron chi connectivity index (χ0n) is 14.4. The minimum absolute atomic E-state index is 0.00192. The van der Waals surface area contributed by atoms with Crippen LogP contribution >= 0.6 is 0 Å². The number of hydrogen-bond acceptors (Lipinski definition) is 6. The summed E-state index contributed by atoms with van der Waals surface area (Å²) in [6.07, 6.45) is 3.11. The van der Waals surface area contributed by atoms with Crippen molar-refractivity contribution in [3.8, 4) is 0 Å². The van der Waals surface area contributed by atoms with Crippen LogP contribution < -0.4 is 10.2 Å². The van der Waals surface area contributed by atoms with E-state index in [4.69, 9.17) is 0 Å². The van der Waals surface area contributed by atoms with E-state index in [0.29, 0.717) is 6.42 Å². The van der Waals surface area contributed by atoms with Crippen LogP contribution in [0.25, 0.3) is 0 Å². The number of benzene rings is 1. The molecule has 1 aliphatic heterocycles. The average Bonchev–Trinajstić information content (AvgIpc) is 2.97. The zero-order valence-corrected chi connectivity index (χ0v) is 15.2.